The summed E-state index contributed by atoms with van der Waals surface area (Å²) in [5.41, 5.74) is 0.0608. The average Bonchev–Trinajstić information content (AvgIpc) is 2.91. The van der Waals surface area contributed by atoms with Gasteiger partial charge in [-0.2, -0.15) is 13.2 Å². The van der Waals surface area contributed by atoms with Crippen molar-refractivity contribution in [3.63, 3.8) is 0 Å². The van der Waals surface area contributed by atoms with Crippen molar-refractivity contribution < 1.29 is 27.4 Å². The fourth-order valence-corrected chi connectivity index (χ4v) is 3.72. The summed E-state index contributed by atoms with van der Waals surface area (Å²) in [5.74, 6) is -0.327. The monoisotopic (exact) mass is 386 g/mol. The molecular formula is C19H25F3N2O3. The van der Waals surface area contributed by atoms with Gasteiger partial charge >= 0.3 is 6.18 Å². The predicted octanol–water partition coefficient (Wildman–Crippen LogP) is 2.92. The minimum Gasteiger partial charge on any atom is -0.382 e. The molecule has 1 saturated heterocycles. The van der Waals surface area contributed by atoms with E-state index in [1.807, 2.05) is 18.7 Å². The molecule has 1 aromatic carbocycles. The Kier molecular flexibility index (Phi) is 5.79. The zero-order valence-corrected chi connectivity index (χ0v) is 15.8. The molecule has 1 amide bonds. The van der Waals surface area contributed by atoms with E-state index in [4.69, 9.17) is 9.47 Å². The largest absolute Gasteiger partial charge is 0.416 e. The van der Waals surface area contributed by atoms with Crippen LogP contribution in [0.25, 0.3) is 0 Å². The molecule has 1 atom stereocenters. The van der Waals surface area contributed by atoms with E-state index >= 15 is 0 Å². The molecule has 27 heavy (non-hydrogen) atoms. The number of fused-ring (bicyclic) bond motifs is 1. The zero-order valence-electron chi connectivity index (χ0n) is 15.8. The number of hydrogen-bond donors (Lipinski definition) is 0. The fraction of sp³-hybridized carbons (Fsp3) is 0.632. The number of carbonyl (C=O) groups is 1. The second-order valence-corrected chi connectivity index (χ2v) is 7.38. The maximum Gasteiger partial charge on any atom is 0.416 e. The second-order valence-electron chi connectivity index (χ2n) is 7.38. The van der Waals surface area contributed by atoms with Gasteiger partial charge in [-0.25, -0.2) is 0 Å². The van der Waals surface area contributed by atoms with Gasteiger partial charge in [0.2, 0.25) is 0 Å². The first-order chi connectivity index (χ1) is 12.7. The summed E-state index contributed by atoms with van der Waals surface area (Å²) in [6.07, 6.45) is -4.59. The van der Waals surface area contributed by atoms with Gasteiger partial charge in [0.15, 0.2) is 0 Å². The number of benzene rings is 1. The molecule has 2 aliphatic heterocycles. The Morgan fingerprint density at radius 1 is 1.33 bits per heavy atom. The highest BCUT2D eigenvalue weighted by Crippen LogP contribution is 2.38. The number of carbonyl (C=O) groups excluding carboxylic acids is 1. The first kappa shape index (κ1) is 20.1. The van der Waals surface area contributed by atoms with Gasteiger partial charge in [-0.1, -0.05) is 0 Å². The Balaban J connectivity index is 1.89. The van der Waals surface area contributed by atoms with Gasteiger partial charge in [0.25, 0.3) is 5.91 Å². The lowest BCUT2D eigenvalue weighted by molar-refractivity contribution is -0.138. The minimum absolute atomic E-state index is 0.00836. The summed E-state index contributed by atoms with van der Waals surface area (Å²) in [4.78, 5) is 16.1. The third-order valence-electron chi connectivity index (χ3n) is 5.04. The molecule has 8 heteroatoms. The van der Waals surface area contributed by atoms with Crippen LogP contribution in [0.5, 0.6) is 0 Å². The van der Waals surface area contributed by atoms with Crippen molar-refractivity contribution in [2.24, 2.45) is 0 Å². The van der Waals surface area contributed by atoms with Crippen molar-refractivity contribution in [2.75, 3.05) is 33.4 Å². The Labute approximate surface area is 157 Å². The summed E-state index contributed by atoms with van der Waals surface area (Å²) in [7, 11) is 1.59. The molecule has 150 valence electrons. The van der Waals surface area contributed by atoms with Crippen molar-refractivity contribution in [2.45, 2.75) is 45.3 Å². The van der Waals surface area contributed by atoms with E-state index in [1.165, 1.54) is 11.0 Å². The molecule has 2 aliphatic rings. The van der Waals surface area contributed by atoms with Gasteiger partial charge < -0.3 is 14.4 Å². The highest BCUT2D eigenvalue weighted by molar-refractivity contribution is 5.99. The lowest BCUT2D eigenvalue weighted by Crippen LogP contribution is -2.43. The molecule has 0 aliphatic carbocycles. The molecule has 0 bridgehead atoms. The quantitative estimate of drug-likeness (QED) is 0.781. The van der Waals surface area contributed by atoms with E-state index < -0.39 is 11.7 Å². The lowest BCUT2D eigenvalue weighted by Gasteiger charge is -2.32. The van der Waals surface area contributed by atoms with E-state index in [-0.39, 0.29) is 35.7 Å². The molecule has 0 N–H and O–H groups in total. The Morgan fingerprint density at radius 3 is 2.70 bits per heavy atom. The summed E-state index contributed by atoms with van der Waals surface area (Å²) < 4.78 is 51.6. The molecule has 0 aromatic heterocycles. The van der Waals surface area contributed by atoms with Crippen molar-refractivity contribution in [3.05, 3.63) is 34.4 Å². The van der Waals surface area contributed by atoms with Crippen LogP contribution < -0.4 is 0 Å². The van der Waals surface area contributed by atoms with E-state index in [0.29, 0.717) is 38.4 Å². The van der Waals surface area contributed by atoms with Gasteiger partial charge in [0.05, 0.1) is 24.9 Å². The minimum atomic E-state index is -4.49. The number of halogens is 3. The Hall–Kier alpha value is -1.64. The molecule has 5 nitrogen and oxygen atoms in total. The summed E-state index contributed by atoms with van der Waals surface area (Å²) in [6, 6.07) is 2.66. The van der Waals surface area contributed by atoms with Gasteiger partial charge in [-0.15, -0.1) is 0 Å². The summed E-state index contributed by atoms with van der Waals surface area (Å²) in [6.45, 7) is 6.12. The normalized spacial score (nSPS) is 21.2. The van der Waals surface area contributed by atoms with Crippen LogP contribution in [0.4, 0.5) is 13.2 Å². The molecule has 3 rings (SSSR count). The van der Waals surface area contributed by atoms with Crippen LogP contribution in [0.1, 0.15) is 40.9 Å². The molecule has 1 unspecified atom stereocenters. The molecule has 1 aromatic rings. The number of ether oxygens (including phenoxy) is 2. The van der Waals surface area contributed by atoms with Crippen molar-refractivity contribution >= 4 is 5.91 Å². The molecule has 2 heterocycles. The van der Waals surface area contributed by atoms with Gasteiger partial charge in [0, 0.05) is 44.9 Å². The standard InChI is InChI=1S/C19H25F3N2O3/c1-12(2)24-10-16-15(18(24)25)6-13(7-17(16)19(20,21)22)8-23-4-5-27-14(9-23)11-26-3/h6-7,12,14H,4-5,8-11H2,1-3H3. The van der Waals surface area contributed by atoms with E-state index in [9.17, 15) is 18.0 Å². The third-order valence-corrected chi connectivity index (χ3v) is 5.04. The van der Waals surface area contributed by atoms with E-state index in [1.54, 1.807) is 13.2 Å². The smallest absolute Gasteiger partial charge is 0.382 e. The summed E-state index contributed by atoms with van der Waals surface area (Å²) >= 11 is 0. The molecular weight excluding hydrogens is 361 g/mol. The fourth-order valence-electron chi connectivity index (χ4n) is 3.72. The highest BCUT2D eigenvalue weighted by Gasteiger charge is 2.40. The van der Waals surface area contributed by atoms with Crippen molar-refractivity contribution in [1.82, 2.24) is 9.80 Å². The Morgan fingerprint density at radius 2 is 2.07 bits per heavy atom. The number of rotatable bonds is 5. The topological polar surface area (TPSA) is 42.0 Å². The number of nitrogens with zero attached hydrogens (tertiary/aromatic N) is 2. The van der Waals surface area contributed by atoms with E-state index in [2.05, 4.69) is 0 Å². The van der Waals surface area contributed by atoms with Crippen LogP contribution >= 0.6 is 0 Å². The maximum absolute atomic E-state index is 13.6. The van der Waals surface area contributed by atoms with Gasteiger partial charge in [-0.3, -0.25) is 9.69 Å². The van der Waals surface area contributed by atoms with Crippen LogP contribution in [0.2, 0.25) is 0 Å². The van der Waals surface area contributed by atoms with Crippen LogP contribution in [-0.4, -0.2) is 61.3 Å². The Bertz CT molecular complexity index is 704. The molecule has 0 saturated carbocycles. The van der Waals surface area contributed by atoms with Crippen molar-refractivity contribution in [1.29, 1.82) is 0 Å². The van der Waals surface area contributed by atoms with E-state index in [0.717, 1.165) is 0 Å². The number of amides is 1. The number of methoxy groups -OCH3 is 1. The van der Waals surface area contributed by atoms with Gasteiger partial charge in [0.1, 0.15) is 0 Å². The first-order valence-electron chi connectivity index (χ1n) is 9.07. The second kappa shape index (κ2) is 7.77. The zero-order chi connectivity index (χ0) is 19.8. The maximum atomic E-state index is 13.6. The predicted molar refractivity (Wildman–Crippen MR) is 93.3 cm³/mol. The SMILES string of the molecule is COCC1CN(Cc2cc3c(c(C(F)(F)F)c2)CN(C(C)C)C3=O)CCO1. The molecule has 0 spiro atoms. The lowest BCUT2D eigenvalue weighted by atomic mass is 9.98. The first-order valence-corrected chi connectivity index (χ1v) is 9.07. The molecule has 0 radical (unpaired) electrons. The van der Waals surface area contributed by atoms with Crippen LogP contribution in [0, 0.1) is 0 Å². The van der Waals surface area contributed by atoms with Gasteiger partial charge in [-0.05, 0) is 37.1 Å². The number of morpholine rings is 1. The summed E-state index contributed by atoms with van der Waals surface area (Å²) in [5, 5.41) is 0. The third kappa shape index (κ3) is 4.28. The van der Waals surface area contributed by atoms with Crippen LogP contribution in [-0.2, 0) is 28.7 Å². The number of hydrogen-bond acceptors (Lipinski definition) is 4. The van der Waals surface area contributed by atoms with Crippen molar-refractivity contribution in [3.8, 4) is 0 Å². The molecule has 1 fully saturated rings. The highest BCUT2D eigenvalue weighted by atomic mass is 19.4. The van der Waals surface area contributed by atoms with Crippen LogP contribution in [0.15, 0.2) is 12.1 Å². The average molecular weight is 386 g/mol. The number of alkyl halides is 3. The van der Waals surface area contributed by atoms with Crippen LogP contribution in [0.3, 0.4) is 0 Å².